The van der Waals surface area contributed by atoms with Crippen molar-refractivity contribution in [1.82, 2.24) is 25.9 Å². The number of benzene rings is 3. The van der Waals surface area contributed by atoms with E-state index in [1.807, 2.05) is 48.5 Å². The van der Waals surface area contributed by atoms with Crippen molar-refractivity contribution >= 4 is 34.6 Å². The Kier molecular flexibility index (Phi) is 9.68. The Bertz CT molecular complexity index is 1680. The highest BCUT2D eigenvalue weighted by Gasteiger charge is 2.48. The second-order valence-electron chi connectivity index (χ2n) is 11.1. The normalized spacial score (nSPS) is 20.5. The summed E-state index contributed by atoms with van der Waals surface area (Å²) in [5.74, 6) is -0.281. The molecule has 3 aromatic carbocycles. The fourth-order valence-electron chi connectivity index (χ4n) is 5.47. The van der Waals surface area contributed by atoms with Crippen LogP contribution in [0.2, 0.25) is 5.02 Å². The van der Waals surface area contributed by atoms with E-state index in [9.17, 15) is 14.7 Å². The molecule has 2 fully saturated rings. The minimum atomic E-state index is -0.741. The third-order valence-electron chi connectivity index (χ3n) is 7.94. The van der Waals surface area contributed by atoms with Crippen LogP contribution in [0.1, 0.15) is 10.4 Å². The molecule has 242 valence electrons. The van der Waals surface area contributed by atoms with Gasteiger partial charge >= 0.3 is 6.03 Å². The summed E-state index contributed by atoms with van der Waals surface area (Å²) in [4.78, 5) is 32.0. The number of urea groups is 1. The second kappa shape index (κ2) is 14.0. The van der Waals surface area contributed by atoms with Gasteiger partial charge in [0.1, 0.15) is 18.3 Å². The molecule has 3 amide bonds. The monoisotopic (exact) mass is 651 g/mol. The molecule has 1 aromatic heterocycles. The van der Waals surface area contributed by atoms with Crippen molar-refractivity contribution in [2.75, 3.05) is 39.5 Å². The number of imidazole rings is 1. The molecule has 2 saturated heterocycles. The van der Waals surface area contributed by atoms with Crippen LogP contribution in [0.15, 0.2) is 60.7 Å². The number of aliphatic hydroxyl groups is 3. The highest BCUT2D eigenvalue weighted by molar-refractivity contribution is 6.34. The Morgan fingerprint density at radius 3 is 2.30 bits per heavy atom. The van der Waals surface area contributed by atoms with Crippen molar-refractivity contribution in [2.24, 2.45) is 0 Å². The van der Waals surface area contributed by atoms with Crippen molar-refractivity contribution in [1.29, 1.82) is 0 Å². The maximum absolute atomic E-state index is 12.5. The first-order valence-electron chi connectivity index (χ1n) is 14.8. The molecule has 2 aliphatic rings. The quantitative estimate of drug-likeness (QED) is 0.119. The van der Waals surface area contributed by atoms with Gasteiger partial charge in [-0.05, 0) is 41.0 Å². The number of carbonyl (C=O) groups is 2. The van der Waals surface area contributed by atoms with Crippen molar-refractivity contribution < 1.29 is 39.1 Å². The van der Waals surface area contributed by atoms with Crippen LogP contribution < -0.4 is 20.7 Å². The largest absolute Gasteiger partial charge is 0.456 e. The third-order valence-corrected chi connectivity index (χ3v) is 8.25. The highest BCUT2D eigenvalue weighted by atomic mass is 35.5. The summed E-state index contributed by atoms with van der Waals surface area (Å²) in [6.45, 7) is 0.150. The molecule has 7 N–H and O–H groups in total. The van der Waals surface area contributed by atoms with Gasteiger partial charge in [0, 0.05) is 24.2 Å². The molecule has 46 heavy (non-hydrogen) atoms. The molecule has 0 saturated carbocycles. The van der Waals surface area contributed by atoms with Crippen LogP contribution in [-0.2, 0) is 9.47 Å². The predicted octanol–water partition coefficient (Wildman–Crippen LogP) is 1.84. The number of aromatic nitrogens is 2. The predicted molar refractivity (Wildman–Crippen MR) is 169 cm³/mol. The lowest BCUT2D eigenvalue weighted by Crippen LogP contribution is -2.47. The van der Waals surface area contributed by atoms with E-state index in [0.29, 0.717) is 28.7 Å². The molecule has 0 radical (unpaired) electrons. The zero-order chi connectivity index (χ0) is 32.2. The van der Waals surface area contributed by atoms with E-state index in [1.54, 1.807) is 12.1 Å². The van der Waals surface area contributed by atoms with Gasteiger partial charge in [0.15, 0.2) is 6.10 Å². The number of hydrogen-bond donors (Lipinski definition) is 7. The van der Waals surface area contributed by atoms with E-state index in [4.69, 9.17) is 36.0 Å². The molecule has 0 spiro atoms. The fourth-order valence-corrected chi connectivity index (χ4v) is 5.74. The number of nitrogens with one attached hydrogen (secondary N) is 4. The van der Waals surface area contributed by atoms with Gasteiger partial charge in [-0.3, -0.25) is 4.79 Å². The van der Waals surface area contributed by atoms with Crippen LogP contribution in [0.25, 0.3) is 33.3 Å². The van der Waals surface area contributed by atoms with E-state index in [1.165, 1.54) is 0 Å². The van der Waals surface area contributed by atoms with Gasteiger partial charge < -0.3 is 50.5 Å². The SMILES string of the molecule is O=C(NCCNC(=O)c1ccc(-c2ccc(-c3cc4nc(O[C@@H]5CO[C@H]6[C@@H]5OC[C@H]6O)[nH]c4cc3Cl)cc2)cc1)NC(CO)CO. The van der Waals surface area contributed by atoms with Crippen molar-refractivity contribution in [3.8, 4) is 28.3 Å². The number of ether oxygens (including phenoxy) is 3. The molecule has 4 aromatic rings. The molecule has 14 heteroatoms. The average molecular weight is 652 g/mol. The number of carbonyl (C=O) groups excluding carboxylic acids is 2. The van der Waals surface area contributed by atoms with E-state index >= 15 is 0 Å². The fraction of sp³-hybridized carbons (Fsp3) is 0.344. The molecule has 0 aliphatic carbocycles. The third kappa shape index (κ3) is 6.94. The summed E-state index contributed by atoms with van der Waals surface area (Å²) in [6, 6.07) is 17.8. The molecule has 2 aliphatic heterocycles. The van der Waals surface area contributed by atoms with Crippen LogP contribution in [0, 0.1) is 0 Å². The summed E-state index contributed by atoms with van der Waals surface area (Å²) in [7, 11) is 0. The Morgan fingerprint density at radius 2 is 1.59 bits per heavy atom. The maximum Gasteiger partial charge on any atom is 0.315 e. The summed E-state index contributed by atoms with van der Waals surface area (Å²) >= 11 is 6.67. The molecular formula is C32H34ClN5O8. The van der Waals surface area contributed by atoms with Crippen molar-refractivity contribution in [3.63, 3.8) is 0 Å². The van der Waals surface area contributed by atoms with E-state index in [2.05, 4.69) is 25.9 Å². The van der Waals surface area contributed by atoms with Gasteiger partial charge in [-0.2, -0.15) is 4.98 Å². The zero-order valence-electron chi connectivity index (χ0n) is 24.6. The molecule has 0 bridgehead atoms. The lowest BCUT2D eigenvalue weighted by Gasteiger charge is -2.15. The van der Waals surface area contributed by atoms with E-state index in [-0.39, 0.29) is 51.0 Å². The van der Waals surface area contributed by atoms with Gasteiger partial charge in [-0.15, -0.1) is 0 Å². The van der Waals surface area contributed by atoms with Gasteiger partial charge in [0.05, 0.1) is 48.5 Å². The number of aliphatic hydroxyl groups excluding tert-OH is 3. The molecule has 0 unspecified atom stereocenters. The smallest absolute Gasteiger partial charge is 0.315 e. The number of H-pyrrole nitrogens is 1. The number of amides is 3. The van der Waals surface area contributed by atoms with Crippen LogP contribution in [-0.4, -0.2) is 107 Å². The van der Waals surface area contributed by atoms with Crippen LogP contribution in [0.3, 0.4) is 0 Å². The van der Waals surface area contributed by atoms with Crippen molar-refractivity contribution in [3.05, 3.63) is 71.2 Å². The topological polar surface area (TPSA) is 187 Å². The van der Waals surface area contributed by atoms with Gasteiger partial charge in [0.25, 0.3) is 11.9 Å². The molecule has 3 heterocycles. The summed E-state index contributed by atoms with van der Waals surface area (Å²) < 4.78 is 17.3. The summed E-state index contributed by atoms with van der Waals surface area (Å²) in [5.41, 5.74) is 5.49. The lowest BCUT2D eigenvalue weighted by molar-refractivity contribution is 0.00706. The minimum Gasteiger partial charge on any atom is -0.456 e. The highest BCUT2D eigenvalue weighted by Crippen LogP contribution is 2.35. The van der Waals surface area contributed by atoms with Crippen molar-refractivity contribution in [2.45, 2.75) is 30.5 Å². The van der Waals surface area contributed by atoms with Crippen LogP contribution in [0.5, 0.6) is 6.01 Å². The summed E-state index contributed by atoms with van der Waals surface area (Å²) in [5, 5.41) is 36.3. The lowest BCUT2D eigenvalue weighted by atomic mass is 9.99. The Hall–Kier alpha value is -4.24. The van der Waals surface area contributed by atoms with Crippen LogP contribution >= 0.6 is 11.6 Å². The molecule has 6 rings (SSSR count). The first kappa shape index (κ1) is 31.7. The number of aromatic amines is 1. The van der Waals surface area contributed by atoms with Gasteiger partial charge in [0.2, 0.25) is 0 Å². The average Bonchev–Trinajstić information content (AvgIpc) is 3.77. The first-order chi connectivity index (χ1) is 22.3. The van der Waals surface area contributed by atoms with Crippen LogP contribution in [0.4, 0.5) is 4.79 Å². The standard InChI is InChI=1S/C32H34ClN5O8/c33-23-12-25-24(37-32(38-25)46-27-16-45-28-26(41)15-44-29(27)28)11-22(23)19-5-1-17(2-6-19)18-3-7-20(8-4-18)30(42)34-9-10-35-31(43)36-21(13-39)14-40/h1-8,11-12,21,26-29,39-41H,9-10,13-16H2,(H,34,42)(H,37,38)(H2,35,36,43)/t26-,27-,28-,29-/m1/s1. The first-order valence-corrected chi connectivity index (χ1v) is 15.2. The maximum atomic E-state index is 12.5. The Balaban J connectivity index is 1.05. The Labute approximate surface area is 268 Å². The second-order valence-corrected chi connectivity index (χ2v) is 11.5. The number of hydrogen-bond acceptors (Lipinski definition) is 9. The summed E-state index contributed by atoms with van der Waals surface area (Å²) in [6.07, 6.45) is -1.77. The number of fused-ring (bicyclic) bond motifs is 2. The number of halogens is 1. The molecule has 4 atom stereocenters. The van der Waals surface area contributed by atoms with Gasteiger partial charge in [-0.25, -0.2) is 4.79 Å². The molecular weight excluding hydrogens is 618 g/mol. The van der Waals surface area contributed by atoms with E-state index in [0.717, 1.165) is 27.8 Å². The van der Waals surface area contributed by atoms with E-state index < -0.39 is 24.3 Å². The molecule has 13 nitrogen and oxygen atoms in total. The van der Waals surface area contributed by atoms with Gasteiger partial charge in [-0.1, -0.05) is 48.0 Å². The zero-order valence-corrected chi connectivity index (χ0v) is 25.4. The minimum absolute atomic E-state index is 0.176. The number of rotatable bonds is 11. The number of nitrogens with zero attached hydrogens (tertiary/aromatic N) is 1. The Morgan fingerprint density at radius 1 is 0.935 bits per heavy atom.